The highest BCUT2D eigenvalue weighted by molar-refractivity contribution is 6.03. The number of allylic oxidation sites excluding steroid dienone is 1. The number of oxime groups is 1. The molecule has 0 spiro atoms. The standard InChI is InChI=1S/C50H60N4O12/c1-2-25-63-50-45(53(21-27-61-28-24-57)49(58)35-17-15-34(33-51)16-18-35)32-43(52-66-46-14-5-8-26-62-46)41-29-36(10-3-6-22-55)40(13-4-7-23-56)47(48(41)50)42-31-39(19-20-44(42)65-50)64-38-12-9-11-37(30-38)54(59)60/h2,9,11-12,15-20,29-31,36,40,45-48,55-57H,1,3-8,10,13-14,21-28,32H2. The zero-order valence-corrected chi connectivity index (χ0v) is 37.2. The molecule has 3 aromatic carbocycles. The number of aliphatic hydroxyl groups excluding tert-OH is 3. The molecular formula is C50H60N4O12. The first-order chi connectivity index (χ1) is 32.2. The topological polar surface area (TPSA) is 216 Å². The van der Waals surface area contributed by atoms with Crippen molar-refractivity contribution in [3.8, 4) is 23.3 Å². The Morgan fingerprint density at radius 2 is 1.79 bits per heavy atom. The van der Waals surface area contributed by atoms with E-state index in [9.17, 15) is 30.7 Å². The number of amides is 1. The zero-order valence-electron chi connectivity index (χ0n) is 37.2. The van der Waals surface area contributed by atoms with Gasteiger partial charge in [0.2, 0.25) is 12.1 Å². The largest absolute Gasteiger partial charge is 0.459 e. The molecule has 0 aromatic heterocycles. The van der Waals surface area contributed by atoms with Crippen molar-refractivity contribution in [1.82, 2.24) is 4.90 Å². The maximum Gasteiger partial charge on any atom is 0.273 e. The number of carbonyl (C=O) groups is 1. The number of rotatable bonds is 23. The molecule has 0 radical (unpaired) electrons. The van der Waals surface area contributed by atoms with Crippen molar-refractivity contribution in [3.63, 3.8) is 0 Å². The summed E-state index contributed by atoms with van der Waals surface area (Å²) < 4.78 is 32.6. The van der Waals surface area contributed by atoms with Crippen molar-refractivity contribution in [2.24, 2.45) is 22.9 Å². The summed E-state index contributed by atoms with van der Waals surface area (Å²) in [4.78, 5) is 34.3. The average molecular weight is 909 g/mol. The molecule has 7 rings (SSSR count). The van der Waals surface area contributed by atoms with E-state index < -0.39 is 29.0 Å². The van der Waals surface area contributed by atoms with Crippen LogP contribution in [0.15, 0.2) is 96.2 Å². The SMILES string of the molecule is C=CCOC12Oc3ccc(Oc4cccc([N+](=O)[O-])c4)cc3C3C(CCCCO)C(CCCCO)C=C(C(=NOC4CCCCO4)CC1N(CCOCCO)C(=O)c1ccc(C#N)cc1)C32. The Bertz CT molecular complexity index is 2240. The molecule has 1 saturated carbocycles. The molecule has 2 aliphatic carbocycles. The molecule has 16 nitrogen and oxygen atoms in total. The minimum Gasteiger partial charge on any atom is -0.459 e. The fraction of sp³-hybridized carbons (Fsp3) is 0.500. The number of aliphatic hydroxyl groups is 3. The highest BCUT2D eigenvalue weighted by Crippen LogP contribution is 2.62. The molecule has 1 saturated heterocycles. The summed E-state index contributed by atoms with van der Waals surface area (Å²) in [5.41, 5.74) is 2.84. The number of unbranched alkanes of at least 4 members (excludes halogenated alkanes) is 2. The van der Waals surface area contributed by atoms with E-state index in [-0.39, 0.29) is 87.7 Å². The van der Waals surface area contributed by atoms with E-state index in [1.54, 1.807) is 53.4 Å². The van der Waals surface area contributed by atoms with Crippen molar-refractivity contribution in [1.29, 1.82) is 5.26 Å². The van der Waals surface area contributed by atoms with Gasteiger partial charge in [-0.1, -0.05) is 36.2 Å². The minimum atomic E-state index is -1.58. The molecule has 352 valence electrons. The molecule has 2 heterocycles. The number of carbonyl (C=O) groups excluding carboxylic acids is 1. The van der Waals surface area contributed by atoms with Crippen LogP contribution in [0.4, 0.5) is 5.69 Å². The van der Waals surface area contributed by atoms with Gasteiger partial charge >= 0.3 is 0 Å². The molecule has 4 aliphatic rings. The van der Waals surface area contributed by atoms with Gasteiger partial charge in [0.05, 0.1) is 67.3 Å². The Morgan fingerprint density at radius 3 is 2.50 bits per heavy atom. The normalized spacial score (nSPS) is 24.8. The second kappa shape index (κ2) is 23.2. The van der Waals surface area contributed by atoms with Crippen LogP contribution in [0.25, 0.3) is 0 Å². The van der Waals surface area contributed by atoms with Crippen LogP contribution in [0.2, 0.25) is 0 Å². The summed E-state index contributed by atoms with van der Waals surface area (Å²) in [6, 6.07) is 19.1. The molecule has 3 aromatic rings. The molecule has 0 bridgehead atoms. The number of hydrogen-bond donors (Lipinski definition) is 3. The third-order valence-corrected chi connectivity index (χ3v) is 12.9. The van der Waals surface area contributed by atoms with Gasteiger partial charge in [0.15, 0.2) is 0 Å². The van der Waals surface area contributed by atoms with Gasteiger partial charge in [0, 0.05) is 55.7 Å². The van der Waals surface area contributed by atoms with Crippen LogP contribution >= 0.6 is 0 Å². The molecule has 1 amide bonds. The molecule has 2 aliphatic heterocycles. The summed E-state index contributed by atoms with van der Waals surface area (Å²) in [6.07, 6.45) is 10.0. The van der Waals surface area contributed by atoms with Crippen molar-refractivity contribution >= 4 is 17.3 Å². The first-order valence-corrected chi connectivity index (χ1v) is 23.0. The average Bonchev–Trinajstić information content (AvgIpc) is 3.34. The maximum atomic E-state index is 15.1. The molecule has 7 atom stereocenters. The number of nitro benzene ring substituents is 1. The third kappa shape index (κ3) is 10.9. The lowest BCUT2D eigenvalue weighted by Crippen LogP contribution is -2.70. The van der Waals surface area contributed by atoms with Crippen LogP contribution in [0.1, 0.15) is 91.6 Å². The number of non-ortho nitro benzene ring substituents is 1. The minimum absolute atomic E-state index is 0.0224. The summed E-state index contributed by atoms with van der Waals surface area (Å²) in [6.45, 7) is 4.65. The van der Waals surface area contributed by atoms with Gasteiger partial charge in [-0.15, -0.1) is 6.58 Å². The van der Waals surface area contributed by atoms with Gasteiger partial charge in [-0.05, 0) is 104 Å². The molecule has 7 unspecified atom stereocenters. The number of fused-ring (bicyclic) bond motifs is 2. The number of nitriles is 1. The first-order valence-electron chi connectivity index (χ1n) is 23.0. The maximum absolute atomic E-state index is 15.1. The van der Waals surface area contributed by atoms with Gasteiger partial charge in [-0.2, -0.15) is 5.26 Å². The van der Waals surface area contributed by atoms with E-state index in [0.29, 0.717) is 67.0 Å². The lowest BCUT2D eigenvalue weighted by molar-refractivity contribution is -0.384. The highest BCUT2D eigenvalue weighted by Gasteiger charge is 2.65. The lowest BCUT2D eigenvalue weighted by atomic mass is 9.55. The van der Waals surface area contributed by atoms with Crippen LogP contribution in [0.3, 0.4) is 0 Å². The number of benzene rings is 3. The lowest BCUT2D eigenvalue weighted by Gasteiger charge is -2.60. The Balaban J connectivity index is 1.45. The van der Waals surface area contributed by atoms with E-state index in [0.717, 1.165) is 36.8 Å². The van der Waals surface area contributed by atoms with Crippen molar-refractivity contribution < 1.29 is 53.6 Å². The molecular weight excluding hydrogens is 849 g/mol. The number of hydrogen-bond acceptors (Lipinski definition) is 14. The fourth-order valence-electron chi connectivity index (χ4n) is 10.0. The number of ether oxygens (including phenoxy) is 5. The van der Waals surface area contributed by atoms with E-state index in [1.807, 2.05) is 12.1 Å². The highest BCUT2D eigenvalue weighted by atomic mass is 16.8. The Morgan fingerprint density at radius 1 is 1.00 bits per heavy atom. The quantitative estimate of drug-likeness (QED) is 0.0363. The number of nitro groups is 1. The molecule has 66 heavy (non-hydrogen) atoms. The predicted molar refractivity (Wildman–Crippen MR) is 243 cm³/mol. The smallest absolute Gasteiger partial charge is 0.273 e. The molecule has 2 fully saturated rings. The second-order valence-corrected chi connectivity index (χ2v) is 17.1. The van der Waals surface area contributed by atoms with Crippen molar-refractivity contribution in [2.75, 3.05) is 52.8 Å². The second-order valence-electron chi connectivity index (χ2n) is 17.1. The van der Waals surface area contributed by atoms with Crippen LogP contribution < -0.4 is 9.47 Å². The van der Waals surface area contributed by atoms with E-state index >= 15 is 4.79 Å². The van der Waals surface area contributed by atoms with Gasteiger partial charge in [-0.3, -0.25) is 14.9 Å². The summed E-state index contributed by atoms with van der Waals surface area (Å²) in [5, 5.41) is 55.8. The van der Waals surface area contributed by atoms with Gasteiger partial charge in [-0.25, -0.2) is 0 Å². The van der Waals surface area contributed by atoms with Crippen LogP contribution in [-0.4, -0.2) is 108 Å². The van der Waals surface area contributed by atoms with Crippen molar-refractivity contribution in [3.05, 3.63) is 118 Å². The predicted octanol–water partition coefficient (Wildman–Crippen LogP) is 7.57. The summed E-state index contributed by atoms with van der Waals surface area (Å²) in [7, 11) is 0. The van der Waals surface area contributed by atoms with Crippen LogP contribution in [0, 0.1) is 39.2 Å². The summed E-state index contributed by atoms with van der Waals surface area (Å²) in [5.74, 6) is -1.86. The fourth-order valence-corrected chi connectivity index (χ4v) is 10.0. The monoisotopic (exact) mass is 908 g/mol. The zero-order chi connectivity index (χ0) is 46.5. The van der Waals surface area contributed by atoms with Crippen LogP contribution in [0.5, 0.6) is 17.2 Å². The van der Waals surface area contributed by atoms with Crippen molar-refractivity contribution in [2.45, 2.75) is 88.2 Å². The Kier molecular flexibility index (Phi) is 16.9. The Hall–Kier alpha value is -5.67. The number of nitrogens with zero attached hydrogens (tertiary/aromatic N) is 4. The van der Waals surface area contributed by atoms with Crippen LogP contribution in [-0.2, 0) is 19.0 Å². The van der Waals surface area contributed by atoms with E-state index in [2.05, 4.69) is 18.7 Å². The molecule has 3 N–H and O–H groups in total. The molecule has 16 heteroatoms. The summed E-state index contributed by atoms with van der Waals surface area (Å²) >= 11 is 0. The first kappa shape index (κ1) is 48.3. The van der Waals surface area contributed by atoms with E-state index in [1.165, 1.54) is 12.1 Å². The Labute approximate surface area is 385 Å². The van der Waals surface area contributed by atoms with Gasteiger partial charge in [0.25, 0.3) is 11.6 Å². The van der Waals surface area contributed by atoms with Gasteiger partial charge in [0.1, 0.15) is 23.3 Å². The van der Waals surface area contributed by atoms with E-state index in [4.69, 9.17) is 33.7 Å². The van der Waals surface area contributed by atoms with Gasteiger partial charge < -0.3 is 48.7 Å². The third-order valence-electron chi connectivity index (χ3n) is 12.9.